The van der Waals surface area contributed by atoms with E-state index in [2.05, 4.69) is 61.5 Å². The average molecular weight is 253 g/mol. The van der Waals surface area contributed by atoms with Gasteiger partial charge in [0.05, 0.1) is 0 Å². The van der Waals surface area contributed by atoms with Crippen LogP contribution in [-0.4, -0.2) is 6.54 Å². The number of rotatable bonds is 6. The molecular weight excluding hydrogens is 230 g/mol. The van der Waals surface area contributed by atoms with Gasteiger partial charge in [-0.05, 0) is 48.4 Å². The second-order valence-electron chi connectivity index (χ2n) is 5.23. The van der Waals surface area contributed by atoms with Crippen LogP contribution in [0.25, 0.3) is 0 Å². The van der Waals surface area contributed by atoms with Crippen molar-refractivity contribution in [2.24, 2.45) is 5.73 Å². The average Bonchev–Trinajstić information content (AvgIpc) is 2.46. The molecule has 2 aromatic rings. The standard InChI is InChI=1S/C18H23N/c1-15(13-16-7-3-2-4-8-16)18-11-5-9-17(14-18)10-6-12-19/h2-5,7-9,11,14-15H,6,10,12-13,19H2,1H3. The van der Waals surface area contributed by atoms with Gasteiger partial charge in [-0.15, -0.1) is 0 Å². The fraction of sp³-hybridized carbons (Fsp3) is 0.333. The van der Waals surface area contributed by atoms with E-state index < -0.39 is 0 Å². The highest BCUT2D eigenvalue weighted by Gasteiger charge is 2.07. The minimum absolute atomic E-state index is 0.556. The van der Waals surface area contributed by atoms with Crippen LogP contribution in [0.3, 0.4) is 0 Å². The summed E-state index contributed by atoms with van der Waals surface area (Å²) in [6.07, 6.45) is 3.25. The van der Waals surface area contributed by atoms with Gasteiger partial charge in [-0.1, -0.05) is 61.5 Å². The molecule has 100 valence electrons. The molecule has 0 fully saturated rings. The zero-order chi connectivity index (χ0) is 13.5. The van der Waals surface area contributed by atoms with Crippen molar-refractivity contribution in [3.63, 3.8) is 0 Å². The largest absolute Gasteiger partial charge is 0.330 e. The summed E-state index contributed by atoms with van der Waals surface area (Å²) in [5.41, 5.74) is 9.82. The minimum Gasteiger partial charge on any atom is -0.330 e. The Bertz CT molecular complexity index is 490. The third-order valence-electron chi connectivity index (χ3n) is 3.57. The number of hydrogen-bond acceptors (Lipinski definition) is 1. The Balaban J connectivity index is 2.04. The molecule has 0 spiro atoms. The van der Waals surface area contributed by atoms with Gasteiger partial charge in [0, 0.05) is 0 Å². The van der Waals surface area contributed by atoms with Crippen LogP contribution in [-0.2, 0) is 12.8 Å². The van der Waals surface area contributed by atoms with Gasteiger partial charge < -0.3 is 5.73 Å². The normalized spacial score (nSPS) is 12.3. The summed E-state index contributed by atoms with van der Waals surface area (Å²) >= 11 is 0. The van der Waals surface area contributed by atoms with Crippen LogP contribution < -0.4 is 5.73 Å². The highest BCUT2D eigenvalue weighted by Crippen LogP contribution is 2.21. The molecule has 0 aliphatic carbocycles. The summed E-state index contributed by atoms with van der Waals surface area (Å²) in [6, 6.07) is 19.6. The Kier molecular flexibility index (Phi) is 5.17. The van der Waals surface area contributed by atoms with Crippen LogP contribution in [0.4, 0.5) is 0 Å². The number of nitrogens with two attached hydrogens (primary N) is 1. The van der Waals surface area contributed by atoms with Crippen LogP contribution in [0.5, 0.6) is 0 Å². The molecule has 0 aliphatic heterocycles. The van der Waals surface area contributed by atoms with Gasteiger partial charge in [-0.2, -0.15) is 0 Å². The maximum atomic E-state index is 5.58. The topological polar surface area (TPSA) is 26.0 Å². The van der Waals surface area contributed by atoms with E-state index in [9.17, 15) is 0 Å². The zero-order valence-electron chi connectivity index (χ0n) is 11.7. The quantitative estimate of drug-likeness (QED) is 0.829. The Morgan fingerprint density at radius 1 is 0.947 bits per heavy atom. The highest BCUT2D eigenvalue weighted by atomic mass is 14.5. The molecule has 0 saturated carbocycles. The summed E-state index contributed by atoms with van der Waals surface area (Å²) in [5.74, 6) is 0.556. The van der Waals surface area contributed by atoms with Crippen molar-refractivity contribution in [1.82, 2.24) is 0 Å². The number of hydrogen-bond donors (Lipinski definition) is 1. The fourth-order valence-corrected chi connectivity index (χ4v) is 2.45. The summed E-state index contributed by atoms with van der Waals surface area (Å²) in [6.45, 7) is 3.07. The lowest BCUT2D eigenvalue weighted by atomic mass is 9.92. The van der Waals surface area contributed by atoms with Gasteiger partial charge in [-0.25, -0.2) is 0 Å². The molecule has 2 rings (SSSR count). The molecule has 0 saturated heterocycles. The maximum Gasteiger partial charge on any atom is -0.00741 e. The third-order valence-corrected chi connectivity index (χ3v) is 3.57. The van der Waals surface area contributed by atoms with Crippen molar-refractivity contribution in [2.45, 2.75) is 32.1 Å². The van der Waals surface area contributed by atoms with Gasteiger partial charge in [0.2, 0.25) is 0 Å². The monoisotopic (exact) mass is 253 g/mol. The van der Waals surface area contributed by atoms with E-state index in [0.717, 1.165) is 25.8 Å². The summed E-state index contributed by atoms with van der Waals surface area (Å²) in [5, 5.41) is 0. The predicted octanol–water partition coefficient (Wildman–Crippen LogP) is 3.92. The minimum atomic E-state index is 0.556. The second kappa shape index (κ2) is 7.10. The van der Waals surface area contributed by atoms with Crippen LogP contribution >= 0.6 is 0 Å². The molecule has 1 atom stereocenters. The maximum absolute atomic E-state index is 5.58. The van der Waals surface area contributed by atoms with Crippen LogP contribution in [0, 0.1) is 0 Å². The molecule has 1 heteroatoms. The molecule has 0 bridgehead atoms. The highest BCUT2D eigenvalue weighted by molar-refractivity contribution is 5.28. The van der Waals surface area contributed by atoms with E-state index in [1.54, 1.807) is 0 Å². The molecule has 0 heterocycles. The Labute approximate surface area is 116 Å². The molecule has 0 radical (unpaired) electrons. The molecule has 0 aliphatic rings. The first-order chi connectivity index (χ1) is 9.29. The molecule has 19 heavy (non-hydrogen) atoms. The summed E-state index contributed by atoms with van der Waals surface area (Å²) in [7, 11) is 0. The summed E-state index contributed by atoms with van der Waals surface area (Å²) in [4.78, 5) is 0. The summed E-state index contributed by atoms with van der Waals surface area (Å²) < 4.78 is 0. The Hall–Kier alpha value is -1.60. The number of aryl methyl sites for hydroxylation is 1. The Morgan fingerprint density at radius 3 is 2.42 bits per heavy atom. The van der Waals surface area contributed by atoms with E-state index in [1.165, 1.54) is 16.7 Å². The fourth-order valence-electron chi connectivity index (χ4n) is 2.45. The van der Waals surface area contributed by atoms with Gasteiger partial charge in [0.15, 0.2) is 0 Å². The SMILES string of the molecule is CC(Cc1ccccc1)c1cccc(CCCN)c1. The first kappa shape index (κ1) is 13.8. The predicted molar refractivity (Wildman–Crippen MR) is 82.4 cm³/mol. The van der Waals surface area contributed by atoms with Crippen molar-refractivity contribution >= 4 is 0 Å². The van der Waals surface area contributed by atoms with Crippen molar-refractivity contribution < 1.29 is 0 Å². The molecule has 2 N–H and O–H groups in total. The van der Waals surface area contributed by atoms with Crippen molar-refractivity contribution in [3.8, 4) is 0 Å². The lowest BCUT2D eigenvalue weighted by molar-refractivity contribution is 0.754. The van der Waals surface area contributed by atoms with Crippen LogP contribution in [0.15, 0.2) is 54.6 Å². The van der Waals surface area contributed by atoms with Crippen LogP contribution in [0.2, 0.25) is 0 Å². The van der Waals surface area contributed by atoms with E-state index in [1.807, 2.05) is 0 Å². The molecule has 0 amide bonds. The molecular formula is C18H23N. The van der Waals surface area contributed by atoms with Crippen molar-refractivity contribution in [2.75, 3.05) is 6.54 Å². The van der Waals surface area contributed by atoms with Crippen molar-refractivity contribution in [3.05, 3.63) is 71.3 Å². The van der Waals surface area contributed by atoms with Gasteiger partial charge in [-0.3, -0.25) is 0 Å². The van der Waals surface area contributed by atoms with E-state index in [0.29, 0.717) is 5.92 Å². The second-order valence-corrected chi connectivity index (χ2v) is 5.23. The molecule has 2 aromatic carbocycles. The van der Waals surface area contributed by atoms with Gasteiger partial charge >= 0.3 is 0 Å². The number of benzene rings is 2. The molecule has 0 aromatic heterocycles. The van der Waals surface area contributed by atoms with E-state index >= 15 is 0 Å². The zero-order valence-corrected chi connectivity index (χ0v) is 11.7. The first-order valence-electron chi connectivity index (χ1n) is 7.12. The lowest BCUT2D eigenvalue weighted by Crippen LogP contribution is -2.02. The lowest BCUT2D eigenvalue weighted by Gasteiger charge is -2.13. The van der Waals surface area contributed by atoms with Gasteiger partial charge in [0.25, 0.3) is 0 Å². The Morgan fingerprint density at radius 2 is 1.68 bits per heavy atom. The van der Waals surface area contributed by atoms with E-state index in [4.69, 9.17) is 5.73 Å². The molecule has 1 unspecified atom stereocenters. The first-order valence-corrected chi connectivity index (χ1v) is 7.12. The smallest absolute Gasteiger partial charge is 0.00741 e. The van der Waals surface area contributed by atoms with Crippen molar-refractivity contribution in [1.29, 1.82) is 0 Å². The van der Waals surface area contributed by atoms with Gasteiger partial charge in [0.1, 0.15) is 0 Å². The third kappa shape index (κ3) is 4.22. The van der Waals surface area contributed by atoms with E-state index in [-0.39, 0.29) is 0 Å². The van der Waals surface area contributed by atoms with Crippen LogP contribution in [0.1, 0.15) is 36.0 Å². The molecule has 1 nitrogen and oxygen atoms in total.